The monoisotopic (exact) mass is 331 g/mol. The number of hydrogen-bond acceptors (Lipinski definition) is 4. The Kier molecular flexibility index (Phi) is 4.29. The van der Waals surface area contributed by atoms with Crippen molar-refractivity contribution < 1.29 is 14.1 Å². The van der Waals surface area contributed by atoms with Crippen molar-refractivity contribution in [2.45, 2.75) is 63.3 Å². The van der Waals surface area contributed by atoms with E-state index in [0.717, 1.165) is 44.4 Å². The number of hydrogen-bond donors (Lipinski definition) is 1. The van der Waals surface area contributed by atoms with Gasteiger partial charge in [0.15, 0.2) is 5.69 Å². The SMILES string of the molecule is O=C(N[C@@H]1CCN(C(=O)C2CCCCC2)C1)c1cc(C2CC2)on1. The van der Waals surface area contributed by atoms with Crippen LogP contribution in [-0.2, 0) is 4.79 Å². The zero-order chi connectivity index (χ0) is 16.5. The Morgan fingerprint density at radius 2 is 1.92 bits per heavy atom. The van der Waals surface area contributed by atoms with E-state index in [4.69, 9.17) is 4.52 Å². The van der Waals surface area contributed by atoms with Gasteiger partial charge in [0.2, 0.25) is 5.91 Å². The first-order chi connectivity index (χ1) is 11.7. The van der Waals surface area contributed by atoms with Crippen LogP contribution in [0.3, 0.4) is 0 Å². The van der Waals surface area contributed by atoms with Gasteiger partial charge in [-0.1, -0.05) is 24.4 Å². The third-order valence-corrected chi connectivity index (χ3v) is 5.53. The molecule has 1 N–H and O–H groups in total. The molecule has 2 amide bonds. The minimum Gasteiger partial charge on any atom is -0.360 e. The van der Waals surface area contributed by atoms with Gasteiger partial charge >= 0.3 is 0 Å². The summed E-state index contributed by atoms with van der Waals surface area (Å²) >= 11 is 0. The molecule has 1 aromatic heterocycles. The fraction of sp³-hybridized carbons (Fsp3) is 0.722. The van der Waals surface area contributed by atoms with E-state index < -0.39 is 0 Å². The molecule has 3 fully saturated rings. The van der Waals surface area contributed by atoms with E-state index in [1.807, 2.05) is 4.90 Å². The Morgan fingerprint density at radius 3 is 2.67 bits per heavy atom. The summed E-state index contributed by atoms with van der Waals surface area (Å²) in [6, 6.07) is 1.78. The summed E-state index contributed by atoms with van der Waals surface area (Å²) in [6.45, 7) is 1.36. The van der Waals surface area contributed by atoms with Crippen LogP contribution >= 0.6 is 0 Å². The number of aromatic nitrogens is 1. The summed E-state index contributed by atoms with van der Waals surface area (Å²) in [7, 11) is 0. The number of likely N-dealkylation sites (tertiary alicyclic amines) is 1. The molecule has 4 rings (SSSR count). The third kappa shape index (κ3) is 3.32. The summed E-state index contributed by atoms with van der Waals surface area (Å²) in [5.41, 5.74) is 0.356. The minimum absolute atomic E-state index is 0.0196. The summed E-state index contributed by atoms with van der Waals surface area (Å²) in [4.78, 5) is 26.8. The van der Waals surface area contributed by atoms with Gasteiger partial charge in [-0.2, -0.15) is 0 Å². The van der Waals surface area contributed by atoms with Gasteiger partial charge in [0, 0.05) is 37.0 Å². The largest absolute Gasteiger partial charge is 0.360 e. The molecule has 130 valence electrons. The van der Waals surface area contributed by atoms with E-state index in [9.17, 15) is 9.59 Å². The molecular formula is C18H25N3O3. The maximum Gasteiger partial charge on any atom is 0.273 e. The first kappa shape index (κ1) is 15.7. The zero-order valence-corrected chi connectivity index (χ0v) is 14.0. The summed E-state index contributed by atoms with van der Waals surface area (Å²) in [5.74, 6) is 1.56. The van der Waals surface area contributed by atoms with Crippen molar-refractivity contribution in [3.05, 3.63) is 17.5 Å². The highest BCUT2D eigenvalue weighted by atomic mass is 16.5. The molecule has 2 aliphatic carbocycles. The molecule has 0 bridgehead atoms. The first-order valence-electron chi connectivity index (χ1n) is 9.27. The van der Waals surface area contributed by atoms with Crippen LogP contribution in [-0.4, -0.2) is 41.0 Å². The second-order valence-electron chi connectivity index (χ2n) is 7.47. The van der Waals surface area contributed by atoms with Crippen LogP contribution in [0.15, 0.2) is 10.6 Å². The summed E-state index contributed by atoms with van der Waals surface area (Å²) in [5, 5.41) is 6.88. The van der Waals surface area contributed by atoms with Crippen molar-refractivity contribution in [1.82, 2.24) is 15.4 Å². The van der Waals surface area contributed by atoms with Crippen LogP contribution in [0, 0.1) is 5.92 Å². The molecule has 0 radical (unpaired) electrons. The second-order valence-corrected chi connectivity index (χ2v) is 7.47. The predicted octanol–water partition coefficient (Wildman–Crippen LogP) is 2.46. The highest BCUT2D eigenvalue weighted by molar-refractivity contribution is 5.92. The van der Waals surface area contributed by atoms with E-state index in [1.54, 1.807) is 6.07 Å². The van der Waals surface area contributed by atoms with Gasteiger partial charge in [0.05, 0.1) is 0 Å². The smallest absolute Gasteiger partial charge is 0.273 e. The van der Waals surface area contributed by atoms with Crippen molar-refractivity contribution in [1.29, 1.82) is 0 Å². The fourth-order valence-electron chi connectivity index (χ4n) is 3.90. The van der Waals surface area contributed by atoms with Crippen LogP contribution < -0.4 is 5.32 Å². The maximum absolute atomic E-state index is 12.6. The molecule has 3 aliphatic rings. The topological polar surface area (TPSA) is 75.4 Å². The predicted molar refractivity (Wildman–Crippen MR) is 87.5 cm³/mol. The van der Waals surface area contributed by atoms with Crippen LogP contribution in [0.2, 0.25) is 0 Å². The standard InChI is InChI=1S/C18H25N3O3/c22-17(15-10-16(24-20-15)12-6-7-12)19-14-8-9-21(11-14)18(23)13-4-2-1-3-5-13/h10,12-14H,1-9,11H2,(H,19,22)/t14-/m1/s1. The van der Waals surface area contributed by atoms with E-state index in [1.165, 1.54) is 19.3 Å². The Bertz CT molecular complexity index is 617. The van der Waals surface area contributed by atoms with Gasteiger partial charge in [-0.3, -0.25) is 9.59 Å². The van der Waals surface area contributed by atoms with Gasteiger partial charge in [0.25, 0.3) is 5.91 Å². The van der Waals surface area contributed by atoms with Crippen LogP contribution in [0.25, 0.3) is 0 Å². The number of carbonyl (C=O) groups is 2. The lowest BCUT2D eigenvalue weighted by Crippen LogP contribution is -2.40. The molecule has 6 nitrogen and oxygen atoms in total. The molecule has 1 aliphatic heterocycles. The molecule has 0 spiro atoms. The number of nitrogens with one attached hydrogen (secondary N) is 1. The Morgan fingerprint density at radius 1 is 1.12 bits per heavy atom. The zero-order valence-electron chi connectivity index (χ0n) is 14.0. The maximum atomic E-state index is 12.6. The molecule has 1 saturated heterocycles. The van der Waals surface area contributed by atoms with Crippen molar-refractivity contribution >= 4 is 11.8 Å². The highest BCUT2D eigenvalue weighted by Gasteiger charge is 2.33. The van der Waals surface area contributed by atoms with E-state index in [0.29, 0.717) is 18.2 Å². The normalized spacial score (nSPS) is 25.0. The van der Waals surface area contributed by atoms with Crippen molar-refractivity contribution in [3.63, 3.8) is 0 Å². The molecule has 1 aromatic rings. The Labute approximate surface area is 141 Å². The summed E-state index contributed by atoms with van der Waals surface area (Å²) < 4.78 is 5.24. The van der Waals surface area contributed by atoms with Crippen LogP contribution in [0.1, 0.15) is 73.5 Å². The minimum atomic E-state index is -0.192. The van der Waals surface area contributed by atoms with E-state index in [2.05, 4.69) is 10.5 Å². The Hall–Kier alpha value is -1.85. The van der Waals surface area contributed by atoms with E-state index >= 15 is 0 Å². The highest BCUT2D eigenvalue weighted by Crippen LogP contribution is 2.40. The van der Waals surface area contributed by atoms with Gasteiger partial charge in [-0.05, 0) is 32.1 Å². The average Bonchev–Trinajstić information content (AvgIpc) is 3.16. The van der Waals surface area contributed by atoms with Gasteiger partial charge < -0.3 is 14.7 Å². The molecule has 1 atom stereocenters. The van der Waals surface area contributed by atoms with E-state index in [-0.39, 0.29) is 23.8 Å². The molecule has 6 heteroatoms. The summed E-state index contributed by atoms with van der Waals surface area (Å²) in [6.07, 6.45) is 8.69. The molecule has 2 saturated carbocycles. The number of amides is 2. The second kappa shape index (κ2) is 6.57. The van der Waals surface area contributed by atoms with Gasteiger partial charge in [0.1, 0.15) is 5.76 Å². The molecule has 0 unspecified atom stereocenters. The molecular weight excluding hydrogens is 306 g/mol. The lowest BCUT2D eigenvalue weighted by atomic mass is 9.88. The lowest BCUT2D eigenvalue weighted by Gasteiger charge is -2.26. The van der Waals surface area contributed by atoms with Crippen LogP contribution in [0.4, 0.5) is 0 Å². The lowest BCUT2D eigenvalue weighted by molar-refractivity contribution is -0.135. The quantitative estimate of drug-likeness (QED) is 0.919. The van der Waals surface area contributed by atoms with Crippen LogP contribution in [0.5, 0.6) is 0 Å². The fourth-order valence-corrected chi connectivity index (χ4v) is 3.90. The number of nitrogens with zero attached hydrogens (tertiary/aromatic N) is 2. The third-order valence-electron chi connectivity index (χ3n) is 5.53. The van der Waals surface area contributed by atoms with Crippen molar-refractivity contribution in [3.8, 4) is 0 Å². The van der Waals surface area contributed by atoms with Crippen molar-refractivity contribution in [2.24, 2.45) is 5.92 Å². The molecule has 0 aromatic carbocycles. The van der Waals surface area contributed by atoms with Gasteiger partial charge in [-0.15, -0.1) is 0 Å². The average molecular weight is 331 g/mol. The first-order valence-corrected chi connectivity index (χ1v) is 9.27. The van der Waals surface area contributed by atoms with Crippen molar-refractivity contribution in [2.75, 3.05) is 13.1 Å². The number of carbonyl (C=O) groups excluding carboxylic acids is 2. The number of rotatable bonds is 4. The van der Waals surface area contributed by atoms with Gasteiger partial charge in [-0.25, -0.2) is 0 Å². The molecule has 2 heterocycles. The molecule has 24 heavy (non-hydrogen) atoms. The Balaban J connectivity index is 1.29.